The van der Waals surface area contributed by atoms with E-state index in [1.165, 1.54) is 0 Å². The molecule has 2 bridgehead atoms. The Morgan fingerprint density at radius 1 is 1.15 bits per heavy atom. The standard InChI is InChI=1S/C20H18ClNO4/c1-9-6-10(2-5-15(9)21)26-16(23)8-22-19(24)17-11-3-4-12(14-7-13(11)14)18(17)20(22)25/h2-6,11-14,17-18H,7-8H2,1H3/t11-,12-,13-,14+,17-,18+/m0/s1. The van der Waals surface area contributed by atoms with Gasteiger partial charge in [0.1, 0.15) is 12.3 Å². The molecule has 2 amide bonds. The number of halogens is 1. The first-order valence-electron chi connectivity index (χ1n) is 8.96. The molecule has 0 N–H and O–H groups in total. The van der Waals surface area contributed by atoms with Gasteiger partial charge in [0.15, 0.2) is 0 Å². The topological polar surface area (TPSA) is 63.7 Å². The van der Waals surface area contributed by atoms with Crippen molar-refractivity contribution < 1.29 is 19.1 Å². The number of hydrogen-bond donors (Lipinski definition) is 0. The molecule has 26 heavy (non-hydrogen) atoms. The third-order valence-corrected chi connectivity index (χ3v) is 6.83. The summed E-state index contributed by atoms with van der Waals surface area (Å²) in [5.41, 5.74) is 0.790. The molecule has 0 unspecified atom stereocenters. The molecule has 1 aromatic rings. The highest BCUT2D eigenvalue weighted by Crippen LogP contribution is 2.65. The summed E-state index contributed by atoms with van der Waals surface area (Å²) in [5.74, 6) is 0.159. The quantitative estimate of drug-likeness (QED) is 0.354. The minimum Gasteiger partial charge on any atom is -0.425 e. The molecule has 1 heterocycles. The summed E-state index contributed by atoms with van der Waals surface area (Å²) < 4.78 is 5.30. The number of nitrogens with zero attached hydrogens (tertiary/aromatic N) is 1. The zero-order valence-corrected chi connectivity index (χ0v) is 15.0. The van der Waals surface area contributed by atoms with E-state index in [9.17, 15) is 14.4 Å². The Hall–Kier alpha value is -2.14. The second-order valence-corrected chi connectivity index (χ2v) is 8.21. The minimum absolute atomic E-state index is 0.159. The van der Waals surface area contributed by atoms with Crippen molar-refractivity contribution in [3.8, 4) is 5.75 Å². The zero-order valence-electron chi connectivity index (χ0n) is 14.2. The van der Waals surface area contributed by atoms with Gasteiger partial charge in [-0.2, -0.15) is 0 Å². The lowest BCUT2D eigenvalue weighted by atomic mass is 9.63. The van der Waals surface area contributed by atoms with E-state index in [2.05, 4.69) is 12.2 Å². The number of amides is 2. The molecule has 0 aromatic heterocycles. The molecule has 6 rings (SSSR count). The van der Waals surface area contributed by atoms with Crippen LogP contribution in [0.3, 0.4) is 0 Å². The highest BCUT2D eigenvalue weighted by molar-refractivity contribution is 6.31. The van der Waals surface area contributed by atoms with Crippen LogP contribution in [-0.2, 0) is 14.4 Å². The molecule has 3 fully saturated rings. The lowest BCUT2D eigenvalue weighted by Gasteiger charge is -2.37. The molecule has 0 radical (unpaired) electrons. The smallest absolute Gasteiger partial charge is 0.331 e. The van der Waals surface area contributed by atoms with E-state index < -0.39 is 5.97 Å². The van der Waals surface area contributed by atoms with Crippen molar-refractivity contribution in [1.29, 1.82) is 0 Å². The number of rotatable bonds is 3. The molecule has 1 aromatic carbocycles. The number of benzene rings is 1. The number of carbonyl (C=O) groups excluding carboxylic acids is 3. The average Bonchev–Trinajstić information content (AvgIpc) is 3.39. The van der Waals surface area contributed by atoms with Crippen molar-refractivity contribution in [2.45, 2.75) is 13.3 Å². The van der Waals surface area contributed by atoms with Gasteiger partial charge in [-0.1, -0.05) is 23.8 Å². The molecule has 4 aliphatic carbocycles. The van der Waals surface area contributed by atoms with Gasteiger partial charge in [-0.3, -0.25) is 14.5 Å². The maximum absolute atomic E-state index is 12.8. The van der Waals surface area contributed by atoms with Crippen molar-refractivity contribution >= 4 is 29.4 Å². The van der Waals surface area contributed by atoms with Crippen molar-refractivity contribution in [2.24, 2.45) is 35.5 Å². The van der Waals surface area contributed by atoms with Crippen LogP contribution in [0.2, 0.25) is 5.02 Å². The van der Waals surface area contributed by atoms with E-state index in [1.807, 2.05) is 6.92 Å². The van der Waals surface area contributed by atoms with Crippen LogP contribution in [0.1, 0.15) is 12.0 Å². The zero-order chi connectivity index (χ0) is 18.2. The maximum atomic E-state index is 12.8. The average molecular weight is 372 g/mol. The van der Waals surface area contributed by atoms with Crippen LogP contribution in [0.25, 0.3) is 0 Å². The van der Waals surface area contributed by atoms with Crippen LogP contribution in [0.4, 0.5) is 0 Å². The summed E-state index contributed by atoms with van der Waals surface area (Å²) in [4.78, 5) is 39.1. The fraction of sp³-hybridized carbons (Fsp3) is 0.450. The molecular formula is C20H18ClNO4. The number of carbonyl (C=O) groups is 3. The van der Waals surface area contributed by atoms with E-state index >= 15 is 0 Å². The first kappa shape index (κ1) is 16.1. The fourth-order valence-corrected chi connectivity index (χ4v) is 5.27. The van der Waals surface area contributed by atoms with Gasteiger partial charge >= 0.3 is 5.97 Å². The van der Waals surface area contributed by atoms with Gasteiger partial charge in [-0.05, 0) is 60.8 Å². The van der Waals surface area contributed by atoms with Crippen molar-refractivity contribution in [2.75, 3.05) is 6.54 Å². The number of aryl methyl sites for hydroxylation is 1. The Balaban J connectivity index is 1.32. The molecule has 5 aliphatic rings. The summed E-state index contributed by atoms with van der Waals surface area (Å²) in [6.45, 7) is 1.48. The molecule has 6 heteroatoms. The monoisotopic (exact) mass is 371 g/mol. The Bertz CT molecular complexity index is 843. The maximum Gasteiger partial charge on any atom is 0.331 e. The van der Waals surface area contributed by atoms with Crippen LogP contribution in [0.5, 0.6) is 5.75 Å². The van der Waals surface area contributed by atoms with Crippen molar-refractivity contribution in [1.82, 2.24) is 4.90 Å². The van der Waals surface area contributed by atoms with Crippen LogP contribution in [0.15, 0.2) is 30.4 Å². The fourth-order valence-electron chi connectivity index (χ4n) is 5.15. The molecule has 1 aliphatic heterocycles. The minimum atomic E-state index is -0.613. The van der Waals surface area contributed by atoms with E-state index in [-0.39, 0.29) is 42.0 Å². The number of likely N-dealkylation sites (tertiary alicyclic amines) is 1. The second-order valence-electron chi connectivity index (χ2n) is 7.80. The van der Waals surface area contributed by atoms with Gasteiger partial charge in [0, 0.05) is 5.02 Å². The van der Waals surface area contributed by atoms with Gasteiger partial charge in [-0.25, -0.2) is 4.79 Å². The third-order valence-electron chi connectivity index (χ3n) is 6.40. The lowest BCUT2D eigenvalue weighted by molar-refractivity contribution is -0.148. The summed E-state index contributed by atoms with van der Waals surface area (Å²) >= 11 is 5.97. The predicted octanol–water partition coefficient (Wildman–Crippen LogP) is 2.61. The number of esters is 1. The van der Waals surface area contributed by atoms with Gasteiger partial charge in [0.25, 0.3) is 0 Å². The summed E-state index contributed by atoms with van der Waals surface area (Å²) in [6, 6.07) is 4.90. The SMILES string of the molecule is Cc1cc(OC(=O)CN2C(=O)[C@@H]3[C@H]4C=C[C@@H]([C@@H]5C[C@H]45)[C@@H]3C2=O)ccc1Cl. The van der Waals surface area contributed by atoms with Crippen LogP contribution >= 0.6 is 11.6 Å². The Morgan fingerprint density at radius 2 is 1.77 bits per heavy atom. The Morgan fingerprint density at radius 3 is 2.35 bits per heavy atom. The molecule has 1 saturated heterocycles. The van der Waals surface area contributed by atoms with Crippen molar-refractivity contribution in [3.63, 3.8) is 0 Å². The summed E-state index contributed by atoms with van der Waals surface area (Å²) in [7, 11) is 0. The van der Waals surface area contributed by atoms with E-state index in [1.54, 1.807) is 18.2 Å². The largest absolute Gasteiger partial charge is 0.425 e. The molecular weight excluding hydrogens is 354 g/mol. The normalized spacial score (nSPS) is 36.2. The number of ether oxygens (including phenoxy) is 1. The highest BCUT2D eigenvalue weighted by atomic mass is 35.5. The number of hydrogen-bond acceptors (Lipinski definition) is 4. The van der Waals surface area contributed by atoms with Crippen molar-refractivity contribution in [3.05, 3.63) is 40.9 Å². The molecule has 2 saturated carbocycles. The van der Waals surface area contributed by atoms with Crippen LogP contribution < -0.4 is 4.74 Å². The third kappa shape index (κ3) is 2.19. The highest BCUT2D eigenvalue weighted by Gasteiger charge is 2.67. The van der Waals surface area contributed by atoms with Gasteiger partial charge in [-0.15, -0.1) is 0 Å². The first-order chi connectivity index (χ1) is 12.5. The van der Waals surface area contributed by atoms with Gasteiger partial charge < -0.3 is 4.74 Å². The predicted molar refractivity (Wildman–Crippen MR) is 93.2 cm³/mol. The molecule has 0 spiro atoms. The van der Waals surface area contributed by atoms with Crippen LogP contribution in [0, 0.1) is 42.4 Å². The van der Waals surface area contributed by atoms with Gasteiger partial charge in [0.05, 0.1) is 11.8 Å². The molecule has 134 valence electrons. The second kappa shape index (κ2) is 5.43. The van der Waals surface area contributed by atoms with Gasteiger partial charge in [0.2, 0.25) is 11.8 Å². The van der Waals surface area contributed by atoms with E-state index in [4.69, 9.17) is 16.3 Å². The Labute approximate surface area is 155 Å². The lowest BCUT2D eigenvalue weighted by Crippen LogP contribution is -2.40. The Kier molecular flexibility index (Phi) is 3.35. The molecule has 6 atom stereocenters. The summed E-state index contributed by atoms with van der Waals surface area (Å²) in [6.07, 6.45) is 5.35. The number of allylic oxidation sites excluding steroid dienone is 2. The van der Waals surface area contributed by atoms with E-state index in [0.29, 0.717) is 22.6 Å². The van der Waals surface area contributed by atoms with Crippen LogP contribution in [-0.4, -0.2) is 29.2 Å². The first-order valence-corrected chi connectivity index (χ1v) is 9.34. The number of imide groups is 1. The summed E-state index contributed by atoms with van der Waals surface area (Å²) in [5, 5.41) is 0.584. The van der Waals surface area contributed by atoms with E-state index in [0.717, 1.165) is 16.9 Å². The molecule has 5 nitrogen and oxygen atoms in total.